The predicted octanol–water partition coefficient (Wildman–Crippen LogP) is 3.40. The molecule has 2 unspecified atom stereocenters. The second-order valence-electron chi connectivity index (χ2n) is 7.44. The van der Waals surface area contributed by atoms with Crippen LogP contribution in [0.3, 0.4) is 0 Å². The molecule has 22 heavy (non-hydrogen) atoms. The third-order valence-electron chi connectivity index (χ3n) is 6.08. The molecule has 1 heterocycles. The Hall–Kier alpha value is -1.68. The Morgan fingerprint density at radius 3 is 2.64 bits per heavy atom. The van der Waals surface area contributed by atoms with Gasteiger partial charge in [0.25, 0.3) is 5.89 Å². The Labute approximate surface area is 130 Å². The van der Waals surface area contributed by atoms with E-state index < -0.39 is 0 Å². The zero-order valence-corrected chi connectivity index (χ0v) is 12.7. The van der Waals surface area contributed by atoms with Crippen LogP contribution >= 0.6 is 0 Å². The molecule has 4 aliphatic carbocycles. The molecule has 1 aromatic heterocycles. The molecule has 4 nitrogen and oxygen atoms in total. The Kier molecular flexibility index (Phi) is 2.71. The number of aromatic nitrogens is 2. The van der Waals surface area contributed by atoms with E-state index in [1.807, 2.05) is 30.3 Å². The molecular weight excluding hydrogens is 274 g/mol. The van der Waals surface area contributed by atoms with Crippen molar-refractivity contribution in [3.8, 4) is 11.5 Å². The molecule has 2 atom stereocenters. The van der Waals surface area contributed by atoms with Gasteiger partial charge in [0, 0.05) is 11.1 Å². The first-order valence-electron chi connectivity index (χ1n) is 8.44. The fourth-order valence-electron chi connectivity index (χ4n) is 5.36. The molecule has 2 aromatic rings. The summed E-state index contributed by atoms with van der Waals surface area (Å²) in [4.78, 5) is 4.54. The second kappa shape index (κ2) is 4.66. The van der Waals surface area contributed by atoms with Crippen LogP contribution in [0.5, 0.6) is 0 Å². The average molecular weight is 295 g/mol. The molecule has 114 valence electrons. The van der Waals surface area contributed by atoms with Gasteiger partial charge in [-0.1, -0.05) is 23.4 Å². The van der Waals surface area contributed by atoms with E-state index in [1.165, 1.54) is 32.1 Å². The predicted molar refractivity (Wildman–Crippen MR) is 82.9 cm³/mol. The summed E-state index contributed by atoms with van der Waals surface area (Å²) < 4.78 is 5.40. The van der Waals surface area contributed by atoms with Gasteiger partial charge in [-0.25, -0.2) is 0 Å². The Morgan fingerprint density at radius 2 is 1.86 bits per heavy atom. The Balaban J connectivity index is 1.31. The number of rotatable bonds is 4. The summed E-state index contributed by atoms with van der Waals surface area (Å²) in [5.74, 6) is 4.22. The van der Waals surface area contributed by atoms with Crippen molar-refractivity contribution < 1.29 is 4.52 Å². The lowest BCUT2D eigenvalue weighted by atomic mass is 9.80. The van der Waals surface area contributed by atoms with Crippen molar-refractivity contribution in [3.05, 3.63) is 36.2 Å². The summed E-state index contributed by atoms with van der Waals surface area (Å²) in [5, 5.41) is 7.96. The topological polar surface area (TPSA) is 51.0 Å². The fourth-order valence-corrected chi connectivity index (χ4v) is 5.36. The molecule has 1 N–H and O–H groups in total. The van der Waals surface area contributed by atoms with E-state index >= 15 is 0 Å². The molecule has 0 amide bonds. The van der Waals surface area contributed by atoms with Crippen molar-refractivity contribution in [3.63, 3.8) is 0 Å². The Bertz CT molecular complexity index is 667. The maximum Gasteiger partial charge on any atom is 0.257 e. The largest absolute Gasteiger partial charge is 0.334 e. The van der Waals surface area contributed by atoms with Gasteiger partial charge in [-0.05, 0) is 62.0 Å². The van der Waals surface area contributed by atoms with E-state index in [2.05, 4.69) is 15.5 Å². The number of nitrogens with one attached hydrogen (secondary N) is 1. The lowest BCUT2D eigenvalue weighted by molar-refractivity contribution is 0.231. The van der Waals surface area contributed by atoms with Crippen molar-refractivity contribution in [2.24, 2.45) is 17.8 Å². The minimum Gasteiger partial charge on any atom is -0.334 e. The summed E-state index contributed by atoms with van der Waals surface area (Å²) in [6, 6.07) is 9.98. The van der Waals surface area contributed by atoms with Crippen LogP contribution in [0.15, 0.2) is 34.9 Å². The molecule has 0 saturated heterocycles. The van der Waals surface area contributed by atoms with Crippen LogP contribution in [-0.2, 0) is 6.54 Å². The first kappa shape index (κ1) is 12.8. The SMILES string of the molecule is c1ccc(-c2nc(CNC34CC5CC(CC3C5)C4)no2)cc1. The van der Waals surface area contributed by atoms with E-state index in [0.717, 1.165) is 35.7 Å². The highest BCUT2D eigenvalue weighted by Crippen LogP contribution is 2.60. The smallest absolute Gasteiger partial charge is 0.257 e. The first-order valence-corrected chi connectivity index (χ1v) is 8.44. The van der Waals surface area contributed by atoms with Crippen LogP contribution in [0, 0.1) is 17.8 Å². The quantitative estimate of drug-likeness (QED) is 0.939. The van der Waals surface area contributed by atoms with Crippen molar-refractivity contribution in [1.82, 2.24) is 15.5 Å². The van der Waals surface area contributed by atoms with E-state index in [-0.39, 0.29) is 0 Å². The minimum atomic E-state index is 0.376. The number of benzene rings is 1. The highest BCUT2D eigenvalue weighted by molar-refractivity contribution is 5.51. The van der Waals surface area contributed by atoms with Crippen LogP contribution in [0.1, 0.15) is 37.9 Å². The third-order valence-corrected chi connectivity index (χ3v) is 6.08. The summed E-state index contributed by atoms with van der Waals surface area (Å²) in [7, 11) is 0. The fraction of sp³-hybridized carbons (Fsp3) is 0.556. The van der Waals surface area contributed by atoms with E-state index in [1.54, 1.807) is 0 Å². The molecule has 0 spiro atoms. The van der Waals surface area contributed by atoms with Gasteiger partial charge < -0.3 is 9.84 Å². The maximum atomic E-state index is 5.40. The normalized spacial score (nSPS) is 35.4. The lowest BCUT2D eigenvalue weighted by Crippen LogP contribution is -2.46. The second-order valence-corrected chi connectivity index (χ2v) is 7.44. The highest BCUT2D eigenvalue weighted by atomic mass is 16.5. The van der Waals surface area contributed by atoms with Crippen LogP contribution in [0.25, 0.3) is 11.5 Å². The standard InChI is InChI=1S/C18H21N3O/c1-2-4-14(5-3-1)17-20-16(21-22-17)11-19-18-9-12-6-13(10-18)8-15(18)7-12/h1-5,12-13,15,19H,6-11H2. The van der Waals surface area contributed by atoms with Gasteiger partial charge >= 0.3 is 0 Å². The number of hydrogen-bond acceptors (Lipinski definition) is 4. The van der Waals surface area contributed by atoms with Gasteiger partial charge in [-0.2, -0.15) is 4.98 Å². The number of nitrogens with zero attached hydrogens (tertiary/aromatic N) is 2. The van der Waals surface area contributed by atoms with Gasteiger partial charge in [0.05, 0.1) is 6.54 Å². The first-order chi connectivity index (χ1) is 10.8. The molecule has 4 saturated carbocycles. The minimum absolute atomic E-state index is 0.376. The zero-order valence-electron chi connectivity index (χ0n) is 12.7. The molecule has 4 aliphatic rings. The summed E-state index contributed by atoms with van der Waals surface area (Å²) in [6.07, 6.45) is 7.06. The molecule has 0 radical (unpaired) electrons. The van der Waals surface area contributed by atoms with Crippen molar-refractivity contribution >= 4 is 0 Å². The van der Waals surface area contributed by atoms with Crippen LogP contribution in [0.2, 0.25) is 0 Å². The van der Waals surface area contributed by atoms with E-state index in [4.69, 9.17) is 4.52 Å². The van der Waals surface area contributed by atoms with Crippen molar-refractivity contribution in [2.45, 2.75) is 44.2 Å². The monoisotopic (exact) mass is 295 g/mol. The van der Waals surface area contributed by atoms with E-state index in [9.17, 15) is 0 Å². The molecule has 4 fully saturated rings. The maximum absolute atomic E-state index is 5.40. The molecule has 0 aliphatic heterocycles. The van der Waals surface area contributed by atoms with Gasteiger partial charge in [-0.15, -0.1) is 0 Å². The number of hydrogen-bond donors (Lipinski definition) is 1. The molecule has 6 rings (SSSR count). The van der Waals surface area contributed by atoms with Crippen LogP contribution in [-0.4, -0.2) is 15.7 Å². The average Bonchev–Trinajstić information content (AvgIpc) is 3.17. The summed E-state index contributed by atoms with van der Waals surface area (Å²) in [5.41, 5.74) is 1.36. The van der Waals surface area contributed by atoms with E-state index in [0.29, 0.717) is 11.4 Å². The molecule has 1 aromatic carbocycles. The lowest BCUT2D eigenvalue weighted by Gasteiger charge is -2.33. The van der Waals surface area contributed by atoms with Crippen LogP contribution < -0.4 is 5.32 Å². The summed E-state index contributed by atoms with van der Waals surface area (Å²) in [6.45, 7) is 0.728. The van der Waals surface area contributed by atoms with Gasteiger partial charge in [-0.3, -0.25) is 0 Å². The van der Waals surface area contributed by atoms with Crippen LogP contribution in [0.4, 0.5) is 0 Å². The molecule has 4 bridgehead atoms. The summed E-state index contributed by atoms with van der Waals surface area (Å²) >= 11 is 0. The third kappa shape index (κ3) is 1.93. The van der Waals surface area contributed by atoms with Gasteiger partial charge in [0.1, 0.15) is 0 Å². The Morgan fingerprint density at radius 1 is 1.09 bits per heavy atom. The van der Waals surface area contributed by atoms with Crippen molar-refractivity contribution in [1.29, 1.82) is 0 Å². The highest BCUT2D eigenvalue weighted by Gasteiger charge is 2.57. The van der Waals surface area contributed by atoms with Gasteiger partial charge in [0.2, 0.25) is 0 Å². The van der Waals surface area contributed by atoms with Gasteiger partial charge in [0.15, 0.2) is 5.82 Å². The zero-order chi connectivity index (χ0) is 14.6. The molecule has 4 heteroatoms. The van der Waals surface area contributed by atoms with Crippen molar-refractivity contribution in [2.75, 3.05) is 0 Å². The molecular formula is C18H21N3O.